The van der Waals surface area contributed by atoms with Crippen molar-refractivity contribution in [1.29, 1.82) is 0 Å². The number of nitrogens with one attached hydrogen (secondary N) is 1. The lowest BCUT2D eigenvalue weighted by Gasteiger charge is -1.97. The van der Waals surface area contributed by atoms with Crippen LogP contribution in [0.15, 0.2) is 0 Å². The summed E-state index contributed by atoms with van der Waals surface area (Å²) in [7, 11) is -5.84. The molecule has 0 heterocycles. The van der Waals surface area contributed by atoms with Crippen molar-refractivity contribution in [3.8, 4) is 0 Å². The normalized spacial score (nSPS) is 11.8. The first-order valence-electron chi connectivity index (χ1n) is 2.57. The minimum Gasteiger partial charge on any atom is -0.317 e. The first-order valence-corrected chi connectivity index (χ1v) is 4.01. The van der Waals surface area contributed by atoms with Crippen LogP contribution in [0.5, 0.6) is 0 Å². The highest BCUT2D eigenvalue weighted by Gasteiger charge is 2.44. The fourth-order valence-electron chi connectivity index (χ4n) is 0. The fraction of sp³-hybridized carbons (Fsp3) is 1.00. The summed E-state index contributed by atoms with van der Waals surface area (Å²) in [5.74, 6) is 0. The summed E-state index contributed by atoms with van der Waals surface area (Å²) >= 11 is 0. The van der Waals surface area contributed by atoms with E-state index in [0.29, 0.717) is 6.54 Å². The lowest BCUT2D eigenvalue weighted by Crippen LogP contribution is -2.21. The summed E-state index contributed by atoms with van der Waals surface area (Å²) in [6.07, 6.45) is 0. The van der Waals surface area contributed by atoms with Gasteiger partial charge >= 0.3 is 15.6 Å². The molecule has 0 aliphatic rings. The Morgan fingerprint density at radius 3 is 1.58 bits per heavy atom. The zero-order chi connectivity index (χ0) is 10.4. The Balaban J connectivity index is 0. The van der Waals surface area contributed by atoms with Crippen LogP contribution in [0.25, 0.3) is 0 Å². The largest absolute Gasteiger partial charge is 0.522 e. The molecular formula is C3H8F3NO4S. The number of halogens is 3. The minimum atomic E-state index is -5.84. The van der Waals surface area contributed by atoms with E-state index in [4.69, 9.17) is 18.2 Å². The van der Waals surface area contributed by atoms with Crippen LogP contribution >= 0.6 is 0 Å². The molecule has 0 aromatic heterocycles. The van der Waals surface area contributed by atoms with E-state index in [1.807, 2.05) is 12.4 Å². The van der Waals surface area contributed by atoms with Crippen molar-refractivity contribution in [2.75, 3.05) is 6.54 Å². The second-order valence-corrected chi connectivity index (χ2v) is 2.85. The lowest BCUT2D eigenvalue weighted by atomic mass is 10.8. The van der Waals surface area contributed by atoms with Gasteiger partial charge in [-0.25, -0.2) is 5.48 Å². The predicted octanol–water partition coefficient (Wildman–Crippen LogP) is 0.379. The topological polar surface area (TPSA) is 86.6 Å². The summed E-state index contributed by atoms with van der Waals surface area (Å²) in [6.45, 7) is 2.44. The molecule has 0 radical (unpaired) electrons. The molecule has 0 saturated carbocycles. The van der Waals surface area contributed by atoms with Crippen LogP contribution in [0, 0.1) is 0 Å². The minimum absolute atomic E-state index is 0.625. The van der Waals surface area contributed by atoms with Gasteiger partial charge in [0.15, 0.2) is 0 Å². The average molecular weight is 211 g/mol. The van der Waals surface area contributed by atoms with Gasteiger partial charge < -0.3 is 5.21 Å². The molecule has 0 atom stereocenters. The maximum Gasteiger partial charge on any atom is 0.522 e. The Bertz CT molecular complexity index is 196. The Kier molecular flexibility index (Phi) is 6.25. The molecule has 0 aliphatic heterocycles. The molecule has 0 unspecified atom stereocenters. The van der Waals surface area contributed by atoms with E-state index in [1.165, 1.54) is 0 Å². The highest BCUT2D eigenvalue weighted by Crippen LogP contribution is 2.20. The first kappa shape index (κ1) is 14.2. The number of rotatable bonds is 1. The van der Waals surface area contributed by atoms with Crippen molar-refractivity contribution in [1.82, 2.24) is 5.48 Å². The van der Waals surface area contributed by atoms with E-state index in [9.17, 15) is 13.2 Å². The van der Waals surface area contributed by atoms with Crippen LogP contribution in [0.1, 0.15) is 6.92 Å². The van der Waals surface area contributed by atoms with Crippen molar-refractivity contribution in [3.63, 3.8) is 0 Å². The van der Waals surface area contributed by atoms with Crippen LogP contribution in [0.3, 0.4) is 0 Å². The van der Waals surface area contributed by atoms with Gasteiger partial charge in [0.25, 0.3) is 0 Å². The zero-order valence-electron chi connectivity index (χ0n) is 5.96. The van der Waals surface area contributed by atoms with Crippen LogP contribution < -0.4 is 5.48 Å². The molecule has 0 rings (SSSR count). The molecule has 0 bridgehead atoms. The molecule has 0 fully saturated rings. The Morgan fingerprint density at radius 2 is 1.58 bits per heavy atom. The molecule has 0 aliphatic carbocycles. The highest BCUT2D eigenvalue weighted by atomic mass is 32.2. The van der Waals surface area contributed by atoms with Crippen molar-refractivity contribution in [2.45, 2.75) is 12.4 Å². The molecule has 5 nitrogen and oxygen atoms in total. The van der Waals surface area contributed by atoms with Crippen molar-refractivity contribution in [3.05, 3.63) is 0 Å². The summed E-state index contributed by atoms with van der Waals surface area (Å²) in [5, 5.41) is 7.62. The zero-order valence-corrected chi connectivity index (χ0v) is 6.78. The van der Waals surface area contributed by atoms with E-state index in [2.05, 4.69) is 0 Å². The molecule has 0 aromatic carbocycles. The van der Waals surface area contributed by atoms with Crippen LogP contribution in [-0.4, -0.2) is 30.2 Å². The summed E-state index contributed by atoms with van der Waals surface area (Å²) in [4.78, 5) is 0. The van der Waals surface area contributed by atoms with Crippen LogP contribution in [-0.2, 0) is 10.1 Å². The van der Waals surface area contributed by atoms with Crippen molar-refractivity contribution in [2.24, 2.45) is 0 Å². The third-order valence-electron chi connectivity index (χ3n) is 0.451. The maximum absolute atomic E-state index is 10.7. The Labute approximate surface area is 66.9 Å². The fourth-order valence-corrected chi connectivity index (χ4v) is 0. The van der Waals surface area contributed by atoms with E-state index < -0.39 is 15.6 Å². The molecule has 0 saturated heterocycles. The maximum atomic E-state index is 10.7. The second-order valence-electron chi connectivity index (χ2n) is 1.43. The van der Waals surface area contributed by atoms with Gasteiger partial charge in [0.05, 0.1) is 0 Å². The first-order chi connectivity index (χ1) is 5.16. The van der Waals surface area contributed by atoms with Crippen LogP contribution in [0.2, 0.25) is 0 Å². The molecule has 0 aromatic rings. The quantitative estimate of drug-likeness (QED) is 0.331. The van der Waals surface area contributed by atoms with E-state index in [-0.39, 0.29) is 0 Å². The van der Waals surface area contributed by atoms with Gasteiger partial charge in [0.1, 0.15) is 0 Å². The molecular weight excluding hydrogens is 203 g/mol. The van der Waals surface area contributed by atoms with Gasteiger partial charge in [-0.1, -0.05) is 6.92 Å². The SMILES string of the molecule is CCNO.O=S(=O)(O)C(F)(F)F. The smallest absolute Gasteiger partial charge is 0.317 e. The molecule has 3 N–H and O–H groups in total. The van der Waals surface area contributed by atoms with E-state index >= 15 is 0 Å². The van der Waals surface area contributed by atoms with Gasteiger partial charge in [-0.3, -0.25) is 4.55 Å². The summed E-state index contributed by atoms with van der Waals surface area (Å²) < 4.78 is 57.5. The predicted molar refractivity (Wildman–Crippen MR) is 33.1 cm³/mol. The average Bonchev–Trinajstić information content (AvgIpc) is 1.84. The number of hydrogen-bond acceptors (Lipinski definition) is 4. The van der Waals surface area contributed by atoms with E-state index in [0.717, 1.165) is 0 Å². The van der Waals surface area contributed by atoms with Gasteiger partial charge in [0, 0.05) is 6.54 Å². The molecule has 76 valence electrons. The Hall–Kier alpha value is -0.380. The molecule has 0 amide bonds. The third-order valence-corrected chi connectivity index (χ3v) is 1.04. The third kappa shape index (κ3) is 7.72. The molecule has 12 heavy (non-hydrogen) atoms. The van der Waals surface area contributed by atoms with Crippen molar-refractivity contribution < 1.29 is 31.3 Å². The molecule has 9 heteroatoms. The van der Waals surface area contributed by atoms with Gasteiger partial charge in [-0.05, 0) is 0 Å². The van der Waals surface area contributed by atoms with Crippen LogP contribution in [0.4, 0.5) is 13.2 Å². The number of alkyl halides is 3. The highest BCUT2D eigenvalue weighted by molar-refractivity contribution is 7.86. The monoisotopic (exact) mass is 211 g/mol. The lowest BCUT2D eigenvalue weighted by molar-refractivity contribution is -0.0510. The number of hydroxylamine groups is 1. The molecule has 0 spiro atoms. The van der Waals surface area contributed by atoms with Crippen molar-refractivity contribution >= 4 is 10.1 Å². The van der Waals surface area contributed by atoms with Gasteiger partial charge in [-0.15, -0.1) is 0 Å². The Morgan fingerprint density at radius 1 is 1.42 bits per heavy atom. The second kappa shape index (κ2) is 5.30. The summed E-state index contributed by atoms with van der Waals surface area (Å²) in [6, 6.07) is 0. The summed E-state index contributed by atoms with van der Waals surface area (Å²) in [5.41, 5.74) is -3.60. The van der Waals surface area contributed by atoms with Gasteiger partial charge in [0.2, 0.25) is 0 Å². The van der Waals surface area contributed by atoms with Gasteiger partial charge in [-0.2, -0.15) is 21.6 Å². The van der Waals surface area contributed by atoms with E-state index in [1.54, 1.807) is 0 Å². The number of hydrogen-bond donors (Lipinski definition) is 3. The standard InChI is InChI=1S/C2H7NO.CHF3O3S/c1-2-3-4;2-1(3,4)8(5,6)7/h3-4H,2H2,1H3;(H,5,6,7).